The number of nitrogens with zero attached hydrogens (tertiary/aromatic N) is 3. The first-order valence-electron chi connectivity index (χ1n) is 27.5. The first-order valence-corrected chi connectivity index (χ1v) is 37.2. The monoisotopic (exact) mass is 2370 g/mol. The summed E-state index contributed by atoms with van der Waals surface area (Å²) in [6.45, 7) is -9.13. The zero-order chi connectivity index (χ0) is 73.2. The van der Waals surface area contributed by atoms with Crippen molar-refractivity contribution in [3.05, 3.63) is 65.5 Å². The molecule has 536 valence electrons. The van der Waals surface area contributed by atoms with E-state index in [1.165, 1.54) is 14.1 Å². The van der Waals surface area contributed by atoms with Gasteiger partial charge in [0, 0.05) is 70.6 Å². The van der Waals surface area contributed by atoms with Crippen LogP contribution in [0.15, 0.2) is 0 Å². The number of nitrogens with one attached hydrogen (secondary N) is 6. The first-order chi connectivity index (χ1) is 44.9. The van der Waals surface area contributed by atoms with Gasteiger partial charge in [0.2, 0.25) is 0 Å². The number of likely N-dealkylation sites (N-methyl/N-ethyl adjacent to an activating group) is 1. The van der Waals surface area contributed by atoms with Crippen molar-refractivity contribution < 1.29 is 125 Å². The number of benzene rings is 3. The van der Waals surface area contributed by atoms with Crippen molar-refractivity contribution in [2.24, 2.45) is 0 Å². The fourth-order valence-corrected chi connectivity index (χ4v) is 21.3. The van der Waals surface area contributed by atoms with E-state index in [1.807, 2.05) is 0 Å². The second-order valence-corrected chi connectivity index (χ2v) is 30.3. The Morgan fingerprint density at radius 1 is 0.344 bits per heavy atom. The second-order valence-electron chi connectivity index (χ2n) is 20.6. The van der Waals surface area contributed by atoms with Crippen molar-refractivity contribution in [2.45, 2.75) is 67.5 Å². The molecule has 10 atom stereocenters. The van der Waals surface area contributed by atoms with E-state index in [-0.39, 0.29) is 95.5 Å². The molecule has 0 saturated carbocycles. The number of anilines is 3. The van der Waals surface area contributed by atoms with Crippen molar-refractivity contribution in [3.63, 3.8) is 0 Å². The third-order valence-electron chi connectivity index (χ3n) is 13.4. The van der Waals surface area contributed by atoms with Crippen molar-refractivity contribution in [1.29, 1.82) is 0 Å². The second kappa shape index (κ2) is 41.9. The Hall–Kier alpha value is -1.18. The first kappa shape index (κ1) is 89.0. The van der Waals surface area contributed by atoms with E-state index < -0.39 is 193 Å². The number of halogens is 9. The van der Waals surface area contributed by atoms with Crippen LogP contribution in [0.3, 0.4) is 0 Å². The van der Waals surface area contributed by atoms with Crippen molar-refractivity contribution in [2.75, 3.05) is 116 Å². The number of hydrogen-bond donors (Lipinski definition) is 22. The van der Waals surface area contributed by atoms with E-state index in [0.29, 0.717) is 0 Å². The number of hydrogen-bond acceptors (Lipinski definition) is 25. The summed E-state index contributed by atoms with van der Waals surface area (Å²) < 4.78 is -0.501. The number of rotatable bonds is 35. The zero-order valence-corrected chi connectivity index (χ0v) is 69.2. The van der Waals surface area contributed by atoms with Gasteiger partial charge in [0.25, 0.3) is 53.2 Å². The van der Waals surface area contributed by atoms with Crippen LogP contribution in [0.5, 0.6) is 0 Å². The fourth-order valence-electron chi connectivity index (χ4n) is 8.12. The highest BCUT2D eigenvalue weighted by Crippen LogP contribution is 2.40. The lowest BCUT2D eigenvalue weighted by Crippen LogP contribution is -2.45. The van der Waals surface area contributed by atoms with Crippen LogP contribution in [0.1, 0.15) is 68.6 Å². The molecule has 34 nitrogen and oxygen atoms in total. The molecule has 0 radical (unpaired) electrons. The zero-order valence-electron chi connectivity index (χ0n) is 49.7. The largest absolute Gasteiger partial charge is 0.394 e. The predicted molar refractivity (Wildman–Crippen MR) is 414 cm³/mol. The molecule has 0 aliphatic heterocycles. The summed E-state index contributed by atoms with van der Waals surface area (Å²) in [5.41, 5.74) is -2.47. The van der Waals surface area contributed by atoms with Gasteiger partial charge in [-0.05, 0) is 210 Å². The Bertz CT molecular complexity index is 3370. The van der Waals surface area contributed by atoms with E-state index in [0.717, 1.165) is 14.7 Å². The van der Waals surface area contributed by atoms with Crippen molar-refractivity contribution in [3.8, 4) is 0 Å². The number of carbonyl (C=O) groups excluding carboxylic acids is 9. The molecule has 10 unspecified atom stereocenters. The molecule has 0 aliphatic carbocycles. The van der Waals surface area contributed by atoms with Gasteiger partial charge in [-0.25, -0.2) is 0 Å². The third-order valence-corrected chi connectivity index (χ3v) is 23.1. The molecular weight excluding hydrogens is 2300 g/mol. The van der Waals surface area contributed by atoms with Gasteiger partial charge in [-0.2, -0.15) is 0 Å². The predicted octanol–water partition coefficient (Wildman–Crippen LogP) is -3.93. The third kappa shape index (κ3) is 23.2. The maximum absolute atomic E-state index is 15.6. The van der Waals surface area contributed by atoms with E-state index >= 15 is 4.79 Å². The van der Waals surface area contributed by atoms with Crippen LogP contribution >= 0.6 is 203 Å². The van der Waals surface area contributed by atoms with Crippen LogP contribution in [0.25, 0.3) is 0 Å². The highest BCUT2D eigenvalue weighted by molar-refractivity contribution is 14.1. The average molecular weight is 2370 g/mol. The summed E-state index contributed by atoms with van der Waals surface area (Å²) in [5.74, 6) is -9.48. The molecule has 0 aromatic heterocycles. The molecule has 0 heterocycles. The van der Waals surface area contributed by atoms with Crippen molar-refractivity contribution >= 4 is 274 Å². The Morgan fingerprint density at radius 3 is 0.896 bits per heavy atom. The molecule has 9 amide bonds. The molecule has 22 N–H and O–H groups in total. The lowest BCUT2D eigenvalue weighted by atomic mass is 10.1. The van der Waals surface area contributed by atoms with Gasteiger partial charge in [-0.3, -0.25) is 43.2 Å². The molecule has 0 fully saturated rings. The van der Waals surface area contributed by atoms with Crippen LogP contribution in [0.4, 0.5) is 17.1 Å². The Morgan fingerprint density at radius 2 is 0.615 bits per heavy atom. The normalized spacial score (nSPS) is 14.5. The molecule has 3 rings (SSSR count). The summed E-state index contributed by atoms with van der Waals surface area (Å²) in [6, 6.07) is 0. The maximum Gasteiger partial charge on any atom is 0.256 e. The van der Waals surface area contributed by atoms with E-state index in [9.17, 15) is 120 Å². The Balaban J connectivity index is 2.35. The Kier molecular flexibility index (Phi) is 38.9. The average Bonchev–Trinajstić information content (AvgIpc) is 0.779. The molecule has 3 aromatic rings. The lowest BCUT2D eigenvalue weighted by Gasteiger charge is -2.30. The molecular formula is C53H66I9N9O25. The minimum atomic E-state index is -2.28. The van der Waals surface area contributed by atoms with Gasteiger partial charge < -0.3 is 128 Å². The van der Waals surface area contributed by atoms with Crippen LogP contribution < -0.4 is 31.9 Å². The standard InChI is InChI=1S/C53H66I9N9O25/c1-69(51(94)27-30(54)24(45(88)63-6-17(78)11-72)33(57)39(36(27)60)66-48(91)42(85)21(82)14-75)4-3-5-71(53(96)29-32(56)26(47(90)65-8-19(80)13-74)35(59)41(38(29)62)68-50(93)44(87)23(84)16-77)10-20(81)9-70(2)52(95)28-31(55)25(46(89)64-7-18(79)12-73)34(58)40(37(28)61)67-49(92)43(86)22(83)15-76/h17-23,42-44,72-87H,3-16H2,1-2H3,(H,63,88)(H,64,89)(H,65,90)(H,66,91)(H,67,92)(H,68,93). The molecule has 96 heavy (non-hydrogen) atoms. The van der Waals surface area contributed by atoms with Gasteiger partial charge >= 0.3 is 0 Å². The van der Waals surface area contributed by atoms with Crippen LogP contribution in [-0.2, 0) is 14.4 Å². The quantitative estimate of drug-likeness (QED) is 0.0250. The molecule has 0 saturated heterocycles. The lowest BCUT2D eigenvalue weighted by molar-refractivity contribution is -0.131. The van der Waals surface area contributed by atoms with Crippen LogP contribution in [0, 0.1) is 32.1 Å². The summed E-state index contributed by atoms with van der Waals surface area (Å²) in [7, 11) is 2.52. The number of amides is 9. The van der Waals surface area contributed by atoms with Crippen molar-refractivity contribution in [1.82, 2.24) is 30.7 Å². The highest BCUT2D eigenvalue weighted by Gasteiger charge is 2.38. The molecule has 0 spiro atoms. The molecule has 43 heteroatoms. The molecule has 0 bridgehead atoms. The summed E-state index contributed by atoms with van der Waals surface area (Å²) in [4.78, 5) is 130. The minimum Gasteiger partial charge on any atom is -0.394 e. The number of aliphatic hydroxyl groups is 16. The smallest absolute Gasteiger partial charge is 0.256 e. The highest BCUT2D eigenvalue weighted by atomic mass is 127. The van der Waals surface area contributed by atoms with Gasteiger partial charge in [-0.15, -0.1) is 0 Å². The van der Waals surface area contributed by atoms with Crippen LogP contribution in [0.2, 0.25) is 0 Å². The van der Waals surface area contributed by atoms with E-state index in [2.05, 4.69) is 31.9 Å². The van der Waals surface area contributed by atoms with Gasteiger partial charge in [-0.1, -0.05) is 0 Å². The fraction of sp³-hybridized carbons (Fsp3) is 0.491. The van der Waals surface area contributed by atoms with Crippen LogP contribution in [-0.4, -0.2) is 310 Å². The van der Waals surface area contributed by atoms with E-state index in [1.54, 1.807) is 203 Å². The van der Waals surface area contributed by atoms with Gasteiger partial charge in [0.15, 0.2) is 18.3 Å². The Labute approximate surface area is 668 Å². The minimum absolute atomic E-state index is 0.00148. The van der Waals surface area contributed by atoms with Gasteiger partial charge in [0.1, 0.15) is 18.3 Å². The van der Waals surface area contributed by atoms with Gasteiger partial charge in [0.05, 0.1) is 136 Å². The SMILES string of the molecule is CN(CCCN(CC(O)CN(C)C(=O)c1c(I)c(NC(=O)C(O)C(O)CO)c(I)c(C(=O)NCC(O)CO)c1I)C(=O)c1c(I)c(NC(=O)C(O)C(O)CO)c(I)c(C(=O)NCC(O)CO)c1I)C(=O)c1c(I)c(NC(=O)C(O)C(O)CO)c(I)c(C(=O)NCC(O)CO)c1I. The summed E-state index contributed by atoms with van der Waals surface area (Å²) in [5, 5.41) is 175. The topological polar surface area (TPSA) is 559 Å². The maximum atomic E-state index is 15.6. The van der Waals surface area contributed by atoms with E-state index in [4.69, 9.17) is 0 Å². The summed E-state index contributed by atoms with van der Waals surface area (Å²) >= 11 is 15.0. The molecule has 0 aliphatic rings. The number of aliphatic hydroxyl groups excluding tert-OH is 16. The summed E-state index contributed by atoms with van der Waals surface area (Å²) in [6.07, 6.45) is -19.0. The number of carbonyl (C=O) groups is 9. The molecule has 3 aromatic carbocycles.